The van der Waals surface area contributed by atoms with Gasteiger partial charge in [-0.1, -0.05) is 24.6 Å². The zero-order valence-corrected chi connectivity index (χ0v) is 19.2. The lowest BCUT2D eigenvalue weighted by molar-refractivity contribution is -0.133. The van der Waals surface area contributed by atoms with Crippen molar-refractivity contribution in [3.63, 3.8) is 0 Å². The van der Waals surface area contributed by atoms with E-state index in [-0.39, 0.29) is 28.1 Å². The Labute approximate surface area is 174 Å². The highest BCUT2D eigenvalue weighted by atomic mass is 32.2. The maximum Gasteiger partial charge on any atom is 0.244 e. The zero-order chi connectivity index (χ0) is 20.9. The molecule has 0 bridgehead atoms. The SMILES string of the molecule is CC(Sc1ccc(S(=O)(=O)N2CCCCCC2)cn1)C(=O)N(C(C)C)C(C)C. The highest BCUT2D eigenvalue weighted by molar-refractivity contribution is 8.00. The van der Waals surface area contributed by atoms with Gasteiger partial charge >= 0.3 is 0 Å². The van der Waals surface area contributed by atoms with Gasteiger partial charge in [-0.2, -0.15) is 4.31 Å². The first-order valence-corrected chi connectivity index (χ1v) is 12.4. The molecular weight excluding hydrogens is 394 g/mol. The Kier molecular flexibility index (Phi) is 8.33. The number of nitrogens with zero attached hydrogens (tertiary/aromatic N) is 3. The van der Waals surface area contributed by atoms with Crippen molar-refractivity contribution < 1.29 is 13.2 Å². The van der Waals surface area contributed by atoms with Crippen molar-refractivity contribution in [3.05, 3.63) is 18.3 Å². The molecule has 1 aliphatic heterocycles. The fourth-order valence-corrected chi connectivity index (χ4v) is 5.87. The monoisotopic (exact) mass is 427 g/mol. The number of carbonyl (C=O) groups excluding carboxylic acids is 1. The van der Waals surface area contributed by atoms with Crippen molar-refractivity contribution in [1.29, 1.82) is 0 Å². The van der Waals surface area contributed by atoms with Gasteiger partial charge in [0.05, 0.1) is 10.3 Å². The van der Waals surface area contributed by atoms with E-state index < -0.39 is 10.0 Å². The number of rotatable bonds is 7. The van der Waals surface area contributed by atoms with Gasteiger partial charge in [0.25, 0.3) is 0 Å². The molecule has 1 atom stereocenters. The number of hydrogen-bond donors (Lipinski definition) is 0. The summed E-state index contributed by atoms with van der Waals surface area (Å²) in [5.41, 5.74) is 0. The van der Waals surface area contributed by atoms with E-state index in [4.69, 9.17) is 0 Å². The van der Waals surface area contributed by atoms with Gasteiger partial charge in [0, 0.05) is 31.4 Å². The van der Waals surface area contributed by atoms with Gasteiger partial charge in [-0.15, -0.1) is 0 Å². The van der Waals surface area contributed by atoms with Crippen LogP contribution in [0.25, 0.3) is 0 Å². The predicted molar refractivity (Wildman–Crippen MR) is 114 cm³/mol. The molecule has 0 saturated carbocycles. The third-order valence-corrected chi connectivity index (χ3v) is 7.84. The molecule has 8 heteroatoms. The van der Waals surface area contributed by atoms with Gasteiger partial charge in [0.1, 0.15) is 4.90 Å². The fourth-order valence-electron chi connectivity index (χ4n) is 3.57. The van der Waals surface area contributed by atoms with E-state index >= 15 is 0 Å². The first-order chi connectivity index (χ1) is 13.1. The summed E-state index contributed by atoms with van der Waals surface area (Å²) in [4.78, 5) is 19.2. The molecule has 0 N–H and O–H groups in total. The average molecular weight is 428 g/mol. The molecule has 0 aromatic carbocycles. The van der Waals surface area contributed by atoms with Crippen molar-refractivity contribution >= 4 is 27.7 Å². The second-order valence-corrected chi connectivity index (χ2v) is 11.1. The quantitative estimate of drug-likeness (QED) is 0.620. The molecule has 0 spiro atoms. The zero-order valence-electron chi connectivity index (χ0n) is 17.6. The van der Waals surface area contributed by atoms with Gasteiger partial charge in [-0.25, -0.2) is 13.4 Å². The van der Waals surface area contributed by atoms with Crippen molar-refractivity contribution in [3.8, 4) is 0 Å². The van der Waals surface area contributed by atoms with Crippen molar-refractivity contribution in [1.82, 2.24) is 14.2 Å². The molecule has 0 aliphatic carbocycles. The van der Waals surface area contributed by atoms with E-state index in [2.05, 4.69) is 4.98 Å². The Hall–Kier alpha value is -1.12. The van der Waals surface area contributed by atoms with Crippen LogP contribution in [0.2, 0.25) is 0 Å². The first-order valence-electron chi connectivity index (χ1n) is 10.1. The van der Waals surface area contributed by atoms with Crippen LogP contribution in [-0.4, -0.2) is 58.9 Å². The highest BCUT2D eigenvalue weighted by Gasteiger charge is 2.27. The van der Waals surface area contributed by atoms with Gasteiger partial charge in [-0.05, 0) is 59.6 Å². The van der Waals surface area contributed by atoms with Gasteiger partial charge in [0.2, 0.25) is 15.9 Å². The van der Waals surface area contributed by atoms with Crippen LogP contribution < -0.4 is 0 Å². The average Bonchev–Trinajstić information content (AvgIpc) is 2.91. The van der Waals surface area contributed by atoms with Crippen molar-refractivity contribution in [2.75, 3.05) is 13.1 Å². The number of aromatic nitrogens is 1. The minimum atomic E-state index is -3.50. The lowest BCUT2D eigenvalue weighted by Crippen LogP contribution is -2.45. The van der Waals surface area contributed by atoms with E-state index in [1.165, 1.54) is 18.0 Å². The summed E-state index contributed by atoms with van der Waals surface area (Å²) < 4.78 is 27.2. The van der Waals surface area contributed by atoms with Gasteiger partial charge in [-0.3, -0.25) is 4.79 Å². The fraction of sp³-hybridized carbons (Fsp3) is 0.700. The van der Waals surface area contributed by atoms with Gasteiger partial charge < -0.3 is 4.90 Å². The van der Waals surface area contributed by atoms with Crippen LogP contribution in [0.4, 0.5) is 0 Å². The largest absolute Gasteiger partial charge is 0.337 e. The lowest BCUT2D eigenvalue weighted by Gasteiger charge is -2.32. The molecule has 6 nitrogen and oxygen atoms in total. The molecule has 1 fully saturated rings. The molecule has 28 heavy (non-hydrogen) atoms. The number of amides is 1. The van der Waals surface area contributed by atoms with E-state index in [0.29, 0.717) is 18.1 Å². The molecule has 1 aromatic rings. The van der Waals surface area contributed by atoms with Crippen molar-refractivity contribution in [2.24, 2.45) is 0 Å². The first kappa shape index (κ1) is 23.2. The van der Waals surface area contributed by atoms with E-state index in [1.54, 1.807) is 16.4 Å². The van der Waals surface area contributed by atoms with Crippen LogP contribution >= 0.6 is 11.8 Å². The molecule has 1 saturated heterocycles. The number of sulfonamides is 1. The summed E-state index contributed by atoms with van der Waals surface area (Å²) >= 11 is 1.36. The maximum absolute atomic E-state index is 12.8. The molecule has 0 radical (unpaired) electrons. The summed E-state index contributed by atoms with van der Waals surface area (Å²) in [6, 6.07) is 3.57. The molecule has 2 heterocycles. The normalized spacial score (nSPS) is 17.5. The van der Waals surface area contributed by atoms with Crippen molar-refractivity contribution in [2.45, 2.75) is 87.6 Å². The Bertz CT molecular complexity index is 732. The molecule has 2 rings (SSSR count). The summed E-state index contributed by atoms with van der Waals surface area (Å²) in [6.45, 7) is 11.1. The third-order valence-electron chi connectivity index (χ3n) is 4.92. The summed E-state index contributed by atoms with van der Waals surface area (Å²) in [5.74, 6) is 0.0677. The van der Waals surface area contributed by atoms with Crippen LogP contribution in [0.3, 0.4) is 0 Å². The van der Waals surface area contributed by atoms with E-state index in [1.807, 2.05) is 39.5 Å². The van der Waals surface area contributed by atoms with Gasteiger partial charge in [0.15, 0.2) is 0 Å². The minimum absolute atomic E-state index is 0.0677. The summed E-state index contributed by atoms with van der Waals surface area (Å²) in [7, 11) is -3.50. The molecule has 158 valence electrons. The van der Waals surface area contributed by atoms with Crippen LogP contribution in [0, 0.1) is 0 Å². The lowest BCUT2D eigenvalue weighted by atomic mass is 10.2. The Morgan fingerprint density at radius 1 is 1.04 bits per heavy atom. The Balaban J connectivity index is 2.08. The number of pyridine rings is 1. The molecule has 1 unspecified atom stereocenters. The van der Waals surface area contributed by atoms with Crippen LogP contribution in [0.1, 0.15) is 60.3 Å². The predicted octanol–water partition coefficient (Wildman–Crippen LogP) is 3.77. The topological polar surface area (TPSA) is 70.6 Å². The van der Waals surface area contributed by atoms with E-state index in [0.717, 1.165) is 25.7 Å². The second-order valence-electron chi connectivity index (χ2n) is 7.84. The second kappa shape index (κ2) is 10.1. The standard InChI is InChI=1S/C20H33N3O3S2/c1-15(2)23(16(3)4)20(24)17(5)27-19-11-10-18(14-21-19)28(25,26)22-12-8-6-7-9-13-22/h10-11,14-17H,6-9,12-13H2,1-5H3. The summed E-state index contributed by atoms with van der Waals surface area (Å²) in [6.07, 6.45) is 5.39. The number of thioether (sulfide) groups is 1. The smallest absolute Gasteiger partial charge is 0.244 e. The summed E-state index contributed by atoms with van der Waals surface area (Å²) in [5, 5.41) is 0.369. The molecule has 1 aliphatic rings. The Morgan fingerprint density at radius 3 is 2.07 bits per heavy atom. The third kappa shape index (κ3) is 5.70. The molecular formula is C20H33N3O3S2. The molecule has 1 aromatic heterocycles. The Morgan fingerprint density at radius 2 is 1.61 bits per heavy atom. The maximum atomic E-state index is 12.8. The van der Waals surface area contributed by atoms with E-state index in [9.17, 15) is 13.2 Å². The number of carbonyl (C=O) groups is 1. The number of hydrogen-bond acceptors (Lipinski definition) is 5. The van der Waals surface area contributed by atoms with Crippen LogP contribution in [0.15, 0.2) is 28.3 Å². The van der Waals surface area contributed by atoms with Crippen LogP contribution in [0.5, 0.6) is 0 Å². The minimum Gasteiger partial charge on any atom is -0.337 e. The molecule has 1 amide bonds. The highest BCUT2D eigenvalue weighted by Crippen LogP contribution is 2.26. The van der Waals surface area contributed by atoms with Crippen LogP contribution in [-0.2, 0) is 14.8 Å².